The van der Waals surface area contributed by atoms with E-state index in [0.29, 0.717) is 17.1 Å². The first kappa shape index (κ1) is 22.0. The Morgan fingerprint density at radius 3 is 2.32 bits per heavy atom. The number of nitrogens with one attached hydrogen (secondary N) is 2. The number of nitrogens with zero attached hydrogens (tertiary/aromatic N) is 2. The van der Waals surface area contributed by atoms with Crippen molar-refractivity contribution in [2.24, 2.45) is 0 Å². The van der Waals surface area contributed by atoms with Crippen molar-refractivity contribution in [3.05, 3.63) is 75.6 Å². The molecule has 1 heterocycles. The standard InChI is InChI=1S/C24H26N4O3/c1-14-6-9-20(16(3)12-14)26-24(31)17(4)28-23(30)11-10-21(27-28)19-8-7-15(2)22(13-19)25-18(5)29/h6-13,17H,1-5H3,(H,25,29)(H,26,31)/t17-/m0/s1. The number of carbonyl (C=O) groups excluding carboxylic acids is 2. The summed E-state index contributed by atoms with van der Waals surface area (Å²) in [5, 5.41) is 10.1. The van der Waals surface area contributed by atoms with Gasteiger partial charge in [-0.3, -0.25) is 14.4 Å². The smallest absolute Gasteiger partial charge is 0.267 e. The first-order chi connectivity index (χ1) is 14.7. The third-order valence-electron chi connectivity index (χ3n) is 5.06. The Balaban J connectivity index is 1.91. The summed E-state index contributed by atoms with van der Waals surface area (Å²) < 4.78 is 1.17. The van der Waals surface area contributed by atoms with Gasteiger partial charge in [0.25, 0.3) is 5.56 Å². The van der Waals surface area contributed by atoms with E-state index in [4.69, 9.17) is 0 Å². The van der Waals surface area contributed by atoms with Crippen molar-refractivity contribution in [3.8, 4) is 11.3 Å². The van der Waals surface area contributed by atoms with Crippen molar-refractivity contribution in [1.29, 1.82) is 0 Å². The van der Waals surface area contributed by atoms with Crippen LogP contribution in [0.15, 0.2) is 53.3 Å². The Morgan fingerprint density at radius 2 is 1.65 bits per heavy atom. The minimum Gasteiger partial charge on any atom is -0.326 e. The molecule has 0 bridgehead atoms. The second-order valence-electron chi connectivity index (χ2n) is 7.70. The minimum absolute atomic E-state index is 0.171. The van der Waals surface area contributed by atoms with E-state index in [-0.39, 0.29) is 17.4 Å². The van der Waals surface area contributed by atoms with E-state index >= 15 is 0 Å². The number of hydrogen-bond donors (Lipinski definition) is 2. The molecule has 31 heavy (non-hydrogen) atoms. The van der Waals surface area contributed by atoms with Gasteiger partial charge >= 0.3 is 0 Å². The third-order valence-corrected chi connectivity index (χ3v) is 5.06. The van der Waals surface area contributed by atoms with E-state index < -0.39 is 6.04 Å². The molecule has 0 fully saturated rings. The zero-order chi connectivity index (χ0) is 22.7. The van der Waals surface area contributed by atoms with Crippen molar-refractivity contribution in [3.63, 3.8) is 0 Å². The van der Waals surface area contributed by atoms with E-state index in [1.54, 1.807) is 19.1 Å². The summed E-state index contributed by atoms with van der Waals surface area (Å²) in [6.45, 7) is 8.87. The fraction of sp³-hybridized carbons (Fsp3) is 0.250. The van der Waals surface area contributed by atoms with Crippen molar-refractivity contribution in [1.82, 2.24) is 9.78 Å². The maximum Gasteiger partial charge on any atom is 0.267 e. The summed E-state index contributed by atoms with van der Waals surface area (Å²) in [7, 11) is 0. The average molecular weight is 418 g/mol. The van der Waals surface area contributed by atoms with Crippen LogP contribution in [0.3, 0.4) is 0 Å². The average Bonchev–Trinajstić information content (AvgIpc) is 2.71. The molecule has 0 aliphatic heterocycles. The molecule has 1 aromatic heterocycles. The molecule has 7 heteroatoms. The molecule has 2 amide bonds. The maximum atomic E-state index is 12.8. The van der Waals surface area contributed by atoms with Crippen LogP contribution in [0.5, 0.6) is 0 Å². The molecule has 0 aliphatic carbocycles. The van der Waals surface area contributed by atoms with Crippen molar-refractivity contribution in [2.45, 2.75) is 40.7 Å². The lowest BCUT2D eigenvalue weighted by Crippen LogP contribution is -2.33. The molecule has 0 saturated carbocycles. The number of aromatic nitrogens is 2. The number of rotatable bonds is 5. The van der Waals surface area contributed by atoms with E-state index in [1.165, 1.54) is 17.7 Å². The van der Waals surface area contributed by atoms with Crippen LogP contribution >= 0.6 is 0 Å². The van der Waals surface area contributed by atoms with Crippen LogP contribution in [-0.4, -0.2) is 21.6 Å². The highest BCUT2D eigenvalue weighted by Gasteiger charge is 2.19. The number of benzene rings is 2. The van der Waals surface area contributed by atoms with Crippen molar-refractivity contribution >= 4 is 23.2 Å². The molecule has 0 saturated heterocycles. The van der Waals surface area contributed by atoms with Gasteiger partial charge in [-0.25, -0.2) is 4.68 Å². The van der Waals surface area contributed by atoms with Gasteiger partial charge in [0, 0.05) is 29.9 Å². The summed E-state index contributed by atoms with van der Waals surface area (Å²) in [5.74, 6) is -0.503. The van der Waals surface area contributed by atoms with Gasteiger partial charge in [-0.15, -0.1) is 0 Å². The van der Waals surface area contributed by atoms with Crippen LogP contribution < -0.4 is 16.2 Å². The number of anilines is 2. The van der Waals surface area contributed by atoms with Crippen LogP contribution in [0.25, 0.3) is 11.3 Å². The summed E-state index contributed by atoms with van der Waals surface area (Å²) in [6.07, 6.45) is 0. The summed E-state index contributed by atoms with van der Waals surface area (Å²) in [5.41, 5.74) is 5.21. The predicted molar refractivity (Wildman–Crippen MR) is 122 cm³/mol. The van der Waals surface area contributed by atoms with E-state index in [2.05, 4.69) is 15.7 Å². The van der Waals surface area contributed by atoms with Gasteiger partial charge in [0.2, 0.25) is 11.8 Å². The lowest BCUT2D eigenvalue weighted by Gasteiger charge is -2.16. The largest absolute Gasteiger partial charge is 0.326 e. The highest BCUT2D eigenvalue weighted by molar-refractivity contribution is 5.94. The SMILES string of the molecule is CC(=O)Nc1cc(-c2ccc(=O)n([C@@H](C)C(=O)Nc3ccc(C)cc3C)n2)ccc1C. The summed E-state index contributed by atoms with van der Waals surface area (Å²) in [4.78, 5) is 36.7. The molecular formula is C24H26N4O3. The monoisotopic (exact) mass is 418 g/mol. The fourth-order valence-electron chi connectivity index (χ4n) is 3.26. The third kappa shape index (κ3) is 5.06. The fourth-order valence-corrected chi connectivity index (χ4v) is 3.26. The number of hydrogen-bond acceptors (Lipinski definition) is 4. The van der Waals surface area contributed by atoms with Gasteiger partial charge in [-0.05, 0) is 57.0 Å². The minimum atomic E-state index is -0.812. The Bertz CT molecular complexity index is 1210. The van der Waals surface area contributed by atoms with Crippen LogP contribution in [0.1, 0.15) is 36.6 Å². The molecule has 0 unspecified atom stereocenters. The van der Waals surface area contributed by atoms with Crippen LogP contribution in [0.2, 0.25) is 0 Å². The molecule has 160 valence electrons. The van der Waals surface area contributed by atoms with Gasteiger partial charge < -0.3 is 10.6 Å². The molecule has 2 aromatic carbocycles. The summed E-state index contributed by atoms with van der Waals surface area (Å²) >= 11 is 0. The predicted octanol–water partition coefficient (Wildman–Crippen LogP) is 3.99. The molecule has 7 nitrogen and oxygen atoms in total. The first-order valence-electron chi connectivity index (χ1n) is 10.0. The van der Waals surface area contributed by atoms with Crippen molar-refractivity contribution in [2.75, 3.05) is 10.6 Å². The second-order valence-corrected chi connectivity index (χ2v) is 7.70. The lowest BCUT2D eigenvalue weighted by atomic mass is 10.1. The molecular weight excluding hydrogens is 392 g/mol. The molecule has 2 N–H and O–H groups in total. The molecule has 3 aromatic rings. The number of aryl methyl sites for hydroxylation is 3. The Labute approximate surface area is 181 Å². The topological polar surface area (TPSA) is 93.1 Å². The zero-order valence-electron chi connectivity index (χ0n) is 18.3. The molecule has 3 rings (SSSR count). The molecule has 1 atom stereocenters. The van der Waals surface area contributed by atoms with Gasteiger partial charge in [0.05, 0.1) is 5.69 Å². The summed E-state index contributed by atoms with van der Waals surface area (Å²) in [6, 6.07) is 13.5. The van der Waals surface area contributed by atoms with E-state index in [1.807, 2.05) is 51.1 Å². The Kier molecular flexibility index (Phi) is 6.34. The lowest BCUT2D eigenvalue weighted by molar-refractivity contribution is -0.119. The second kappa shape index (κ2) is 8.95. The van der Waals surface area contributed by atoms with Gasteiger partial charge in [-0.2, -0.15) is 5.10 Å². The Morgan fingerprint density at radius 1 is 0.903 bits per heavy atom. The van der Waals surface area contributed by atoms with Gasteiger partial charge in [-0.1, -0.05) is 29.8 Å². The Hall–Kier alpha value is -3.74. The zero-order valence-corrected chi connectivity index (χ0v) is 18.3. The maximum absolute atomic E-state index is 12.8. The van der Waals surface area contributed by atoms with Crippen LogP contribution in [0.4, 0.5) is 11.4 Å². The normalized spacial score (nSPS) is 11.6. The quantitative estimate of drug-likeness (QED) is 0.655. The van der Waals surface area contributed by atoms with Gasteiger partial charge in [0.15, 0.2) is 0 Å². The van der Waals surface area contributed by atoms with Crippen LogP contribution in [-0.2, 0) is 9.59 Å². The number of amides is 2. The van der Waals surface area contributed by atoms with Crippen molar-refractivity contribution < 1.29 is 9.59 Å². The molecule has 0 spiro atoms. The highest BCUT2D eigenvalue weighted by atomic mass is 16.2. The highest BCUT2D eigenvalue weighted by Crippen LogP contribution is 2.24. The van der Waals surface area contributed by atoms with Crippen LogP contribution in [0, 0.1) is 20.8 Å². The van der Waals surface area contributed by atoms with E-state index in [9.17, 15) is 14.4 Å². The molecule has 0 aliphatic rings. The number of carbonyl (C=O) groups is 2. The first-order valence-corrected chi connectivity index (χ1v) is 10.0. The molecule has 0 radical (unpaired) electrons. The van der Waals surface area contributed by atoms with Gasteiger partial charge in [0.1, 0.15) is 6.04 Å². The van der Waals surface area contributed by atoms with E-state index in [0.717, 1.165) is 22.3 Å².